The molecule has 0 bridgehead atoms. The molecule has 6 nitrogen and oxygen atoms in total. The van der Waals surface area contributed by atoms with Gasteiger partial charge in [0.15, 0.2) is 0 Å². The summed E-state index contributed by atoms with van der Waals surface area (Å²) in [5, 5.41) is 3.13. The maximum Gasteiger partial charge on any atom is 0.222 e. The van der Waals surface area contributed by atoms with Gasteiger partial charge in [-0.2, -0.15) is 0 Å². The molecule has 0 unspecified atom stereocenters. The number of amides is 1. The first-order chi connectivity index (χ1) is 15.6. The van der Waals surface area contributed by atoms with Crippen molar-refractivity contribution in [2.45, 2.75) is 64.7 Å². The largest absolute Gasteiger partial charge is 0.491 e. The number of hydrogen-bond donors (Lipinski definition) is 1. The average molecular weight is 445 g/mol. The van der Waals surface area contributed by atoms with Gasteiger partial charge in [0.2, 0.25) is 5.91 Å². The molecule has 3 aliphatic rings. The molecule has 3 atom stereocenters. The van der Waals surface area contributed by atoms with Crippen LogP contribution in [-0.4, -0.2) is 62.5 Å². The van der Waals surface area contributed by atoms with Gasteiger partial charge in [0.25, 0.3) is 0 Å². The van der Waals surface area contributed by atoms with Crippen LogP contribution in [0, 0.1) is 17.8 Å². The van der Waals surface area contributed by atoms with E-state index < -0.39 is 0 Å². The third kappa shape index (κ3) is 6.46. The van der Waals surface area contributed by atoms with Gasteiger partial charge in [-0.25, -0.2) is 0 Å². The number of ether oxygens (including phenoxy) is 3. The predicted molar refractivity (Wildman–Crippen MR) is 125 cm³/mol. The van der Waals surface area contributed by atoms with E-state index in [1.165, 1.54) is 5.56 Å². The van der Waals surface area contributed by atoms with Crippen LogP contribution in [0.1, 0.15) is 51.5 Å². The molecule has 0 aromatic heterocycles. The van der Waals surface area contributed by atoms with Crippen LogP contribution in [0.25, 0.3) is 0 Å². The van der Waals surface area contributed by atoms with E-state index in [1.807, 2.05) is 6.07 Å². The minimum Gasteiger partial charge on any atom is -0.491 e. The van der Waals surface area contributed by atoms with E-state index in [0.717, 1.165) is 77.4 Å². The number of hydrogen-bond acceptors (Lipinski definition) is 5. The molecule has 1 N–H and O–H groups in total. The van der Waals surface area contributed by atoms with Gasteiger partial charge in [0.1, 0.15) is 5.75 Å². The van der Waals surface area contributed by atoms with Crippen molar-refractivity contribution in [2.24, 2.45) is 17.8 Å². The van der Waals surface area contributed by atoms with Crippen molar-refractivity contribution in [3.05, 3.63) is 29.8 Å². The summed E-state index contributed by atoms with van der Waals surface area (Å²) in [6.45, 7) is 10.4. The second-order valence-corrected chi connectivity index (χ2v) is 9.99. The smallest absolute Gasteiger partial charge is 0.222 e. The predicted octanol–water partition coefficient (Wildman–Crippen LogP) is 3.63. The third-order valence-corrected chi connectivity index (χ3v) is 7.21. The molecule has 0 saturated carbocycles. The van der Waals surface area contributed by atoms with Gasteiger partial charge in [0.05, 0.1) is 25.2 Å². The molecule has 3 aliphatic heterocycles. The van der Waals surface area contributed by atoms with Crippen LogP contribution in [0.2, 0.25) is 0 Å². The Kier molecular flexibility index (Phi) is 8.44. The number of nitrogens with one attached hydrogen (secondary N) is 1. The Hall–Kier alpha value is -1.63. The highest BCUT2D eigenvalue weighted by molar-refractivity contribution is 5.76. The molecule has 178 valence electrons. The number of piperidine rings is 1. The van der Waals surface area contributed by atoms with Gasteiger partial charge in [-0.15, -0.1) is 0 Å². The van der Waals surface area contributed by atoms with E-state index >= 15 is 0 Å². The summed E-state index contributed by atoms with van der Waals surface area (Å²) in [7, 11) is 0. The first-order valence-electron chi connectivity index (χ1n) is 12.5. The molecule has 3 heterocycles. The number of carbonyl (C=O) groups excluding carboxylic acids is 1. The number of nitrogens with zero attached hydrogens (tertiary/aromatic N) is 1. The van der Waals surface area contributed by atoms with Gasteiger partial charge in [-0.1, -0.05) is 18.2 Å². The van der Waals surface area contributed by atoms with Crippen molar-refractivity contribution in [2.75, 3.05) is 39.5 Å². The van der Waals surface area contributed by atoms with Crippen molar-refractivity contribution < 1.29 is 19.0 Å². The number of para-hydroxylation sites is 1. The Balaban J connectivity index is 1.21. The molecule has 3 saturated heterocycles. The normalized spacial score (nSPS) is 26.8. The fourth-order valence-electron chi connectivity index (χ4n) is 5.47. The summed E-state index contributed by atoms with van der Waals surface area (Å²) < 4.78 is 17.5. The summed E-state index contributed by atoms with van der Waals surface area (Å²) in [6.07, 6.45) is 5.14. The van der Waals surface area contributed by atoms with E-state index in [-0.39, 0.29) is 18.1 Å². The number of rotatable bonds is 9. The van der Waals surface area contributed by atoms with E-state index in [1.54, 1.807) is 0 Å². The molecule has 6 heteroatoms. The Morgan fingerprint density at radius 1 is 1.22 bits per heavy atom. The number of benzene rings is 1. The summed E-state index contributed by atoms with van der Waals surface area (Å²) in [5.74, 6) is 2.83. The average Bonchev–Trinajstić information content (AvgIpc) is 3.17. The molecule has 1 aromatic rings. The zero-order valence-electron chi connectivity index (χ0n) is 19.8. The maximum atomic E-state index is 12.5. The zero-order chi connectivity index (χ0) is 22.3. The molecular formula is C26H40N2O4. The van der Waals surface area contributed by atoms with Crippen molar-refractivity contribution >= 4 is 5.91 Å². The molecule has 0 aliphatic carbocycles. The van der Waals surface area contributed by atoms with Gasteiger partial charge >= 0.3 is 0 Å². The quantitative estimate of drug-likeness (QED) is 0.630. The van der Waals surface area contributed by atoms with Gasteiger partial charge in [0, 0.05) is 44.3 Å². The summed E-state index contributed by atoms with van der Waals surface area (Å²) >= 11 is 0. The Bertz CT molecular complexity index is 734. The Morgan fingerprint density at radius 3 is 2.84 bits per heavy atom. The molecule has 1 amide bonds. The number of carbonyl (C=O) groups is 1. The van der Waals surface area contributed by atoms with Crippen LogP contribution in [0.4, 0.5) is 0 Å². The highest BCUT2D eigenvalue weighted by Crippen LogP contribution is 2.36. The van der Waals surface area contributed by atoms with E-state index in [0.29, 0.717) is 24.2 Å². The minimum atomic E-state index is 0.0711. The highest BCUT2D eigenvalue weighted by atomic mass is 16.5. The minimum absolute atomic E-state index is 0.0711. The zero-order valence-corrected chi connectivity index (χ0v) is 19.8. The van der Waals surface area contributed by atoms with Gasteiger partial charge in [-0.3, -0.25) is 9.69 Å². The first kappa shape index (κ1) is 23.5. The standard InChI is InChI=1S/C26H40N2O4/c1-19(2)32-24-6-4-3-5-21(24)16-28-12-8-23-22(17-28)18-31-25(23)15-26(29)27-11-7-20-9-13-30-14-10-20/h3-6,19-20,22-23,25H,7-18H2,1-2H3,(H,27,29)/t22-,23-,25+/m1/s1. The summed E-state index contributed by atoms with van der Waals surface area (Å²) in [6, 6.07) is 8.36. The van der Waals surface area contributed by atoms with Crippen LogP contribution in [-0.2, 0) is 20.8 Å². The fourth-order valence-corrected chi connectivity index (χ4v) is 5.47. The van der Waals surface area contributed by atoms with Crippen LogP contribution < -0.4 is 10.1 Å². The topological polar surface area (TPSA) is 60.0 Å². The molecule has 1 aromatic carbocycles. The molecule has 4 rings (SSSR count). The fraction of sp³-hybridized carbons (Fsp3) is 0.731. The lowest BCUT2D eigenvalue weighted by atomic mass is 9.83. The summed E-state index contributed by atoms with van der Waals surface area (Å²) in [5.41, 5.74) is 1.25. The van der Waals surface area contributed by atoms with Crippen LogP contribution in [0.5, 0.6) is 5.75 Å². The van der Waals surface area contributed by atoms with Crippen LogP contribution in [0.15, 0.2) is 24.3 Å². The van der Waals surface area contributed by atoms with E-state index in [9.17, 15) is 4.79 Å². The number of likely N-dealkylation sites (tertiary alicyclic amines) is 1. The van der Waals surface area contributed by atoms with E-state index in [4.69, 9.17) is 14.2 Å². The third-order valence-electron chi connectivity index (χ3n) is 7.21. The molecule has 0 radical (unpaired) electrons. The maximum absolute atomic E-state index is 12.5. The summed E-state index contributed by atoms with van der Waals surface area (Å²) in [4.78, 5) is 15.0. The first-order valence-corrected chi connectivity index (χ1v) is 12.5. The van der Waals surface area contributed by atoms with Crippen molar-refractivity contribution in [1.82, 2.24) is 10.2 Å². The SMILES string of the molecule is CC(C)Oc1ccccc1CN1CC[C@@H]2[C@@H](CO[C@H]2CC(=O)NCCC2CCOCC2)C1. The van der Waals surface area contributed by atoms with Crippen molar-refractivity contribution in [3.63, 3.8) is 0 Å². The molecule has 0 spiro atoms. The second kappa shape index (κ2) is 11.5. The highest BCUT2D eigenvalue weighted by Gasteiger charge is 2.41. The Morgan fingerprint density at radius 2 is 2.03 bits per heavy atom. The molecular weight excluding hydrogens is 404 g/mol. The molecule has 3 fully saturated rings. The number of fused-ring (bicyclic) bond motifs is 1. The van der Waals surface area contributed by atoms with Gasteiger partial charge in [-0.05, 0) is 64.0 Å². The van der Waals surface area contributed by atoms with E-state index in [2.05, 4.69) is 42.3 Å². The lowest BCUT2D eigenvalue weighted by Crippen LogP contribution is -2.42. The monoisotopic (exact) mass is 444 g/mol. The van der Waals surface area contributed by atoms with Crippen LogP contribution >= 0.6 is 0 Å². The van der Waals surface area contributed by atoms with Gasteiger partial charge < -0.3 is 19.5 Å². The van der Waals surface area contributed by atoms with Crippen LogP contribution in [0.3, 0.4) is 0 Å². The second-order valence-electron chi connectivity index (χ2n) is 9.99. The lowest BCUT2D eigenvalue weighted by Gasteiger charge is -2.35. The lowest BCUT2D eigenvalue weighted by molar-refractivity contribution is -0.123. The van der Waals surface area contributed by atoms with Crippen molar-refractivity contribution in [3.8, 4) is 5.75 Å². The molecule has 32 heavy (non-hydrogen) atoms. The Labute approximate surface area is 193 Å². The van der Waals surface area contributed by atoms with Crippen molar-refractivity contribution in [1.29, 1.82) is 0 Å².